The molecule has 1 N–H and O–H groups in total. The molecule has 1 aliphatic carbocycles. The average Bonchev–Trinajstić information content (AvgIpc) is 2.57. The van der Waals surface area contributed by atoms with Crippen LogP contribution in [0.4, 0.5) is 5.69 Å². The second-order valence-electron chi connectivity index (χ2n) is 6.06. The van der Waals surface area contributed by atoms with E-state index in [9.17, 15) is 14.4 Å². The number of fused-ring (bicyclic) bond motifs is 1. The number of nitrogens with one attached hydrogen (secondary N) is 1. The van der Waals surface area contributed by atoms with E-state index < -0.39 is 0 Å². The van der Waals surface area contributed by atoms with Crippen molar-refractivity contribution in [2.45, 2.75) is 12.8 Å². The SMILES string of the molecule is CN(C)C(=O)c1cccc(N2NC(=O)[C@@H]3CC=CC[C@H]3C2=O)c1. The number of hydrogen-bond acceptors (Lipinski definition) is 3. The number of anilines is 1. The smallest absolute Gasteiger partial charge is 0.253 e. The number of rotatable bonds is 2. The van der Waals surface area contributed by atoms with Gasteiger partial charge in [-0.05, 0) is 31.0 Å². The van der Waals surface area contributed by atoms with Crippen LogP contribution in [0.1, 0.15) is 23.2 Å². The number of amides is 3. The highest BCUT2D eigenvalue weighted by atomic mass is 16.2. The maximum absolute atomic E-state index is 12.7. The lowest BCUT2D eigenvalue weighted by atomic mass is 9.80. The number of carbonyl (C=O) groups excluding carboxylic acids is 3. The highest BCUT2D eigenvalue weighted by molar-refractivity contribution is 6.05. The molecule has 6 heteroatoms. The Labute approximate surface area is 134 Å². The van der Waals surface area contributed by atoms with Crippen molar-refractivity contribution in [3.63, 3.8) is 0 Å². The van der Waals surface area contributed by atoms with Gasteiger partial charge in [-0.3, -0.25) is 19.8 Å². The predicted octanol–water partition coefficient (Wildman–Crippen LogP) is 1.35. The number of allylic oxidation sites excluding steroid dienone is 2. The van der Waals surface area contributed by atoms with Crippen LogP contribution < -0.4 is 10.4 Å². The minimum atomic E-state index is -0.332. The molecule has 1 heterocycles. The van der Waals surface area contributed by atoms with E-state index in [1.165, 1.54) is 9.91 Å². The number of hydrogen-bond donors (Lipinski definition) is 1. The zero-order valence-electron chi connectivity index (χ0n) is 13.2. The van der Waals surface area contributed by atoms with E-state index in [0.29, 0.717) is 24.1 Å². The van der Waals surface area contributed by atoms with E-state index in [0.717, 1.165) is 0 Å². The average molecular weight is 313 g/mol. The molecule has 6 nitrogen and oxygen atoms in total. The number of hydrazine groups is 1. The van der Waals surface area contributed by atoms with Crippen molar-refractivity contribution < 1.29 is 14.4 Å². The molecule has 0 saturated carbocycles. The van der Waals surface area contributed by atoms with Crippen molar-refractivity contribution >= 4 is 23.4 Å². The Kier molecular flexibility index (Phi) is 3.90. The first kappa shape index (κ1) is 15.3. The molecule has 120 valence electrons. The number of carbonyl (C=O) groups is 3. The molecule has 3 rings (SSSR count). The van der Waals surface area contributed by atoms with Crippen LogP contribution in [-0.2, 0) is 9.59 Å². The highest BCUT2D eigenvalue weighted by Crippen LogP contribution is 2.32. The maximum Gasteiger partial charge on any atom is 0.253 e. The molecule has 1 fully saturated rings. The summed E-state index contributed by atoms with van der Waals surface area (Å²) in [5.74, 6) is -1.06. The summed E-state index contributed by atoms with van der Waals surface area (Å²) in [6.45, 7) is 0. The molecular weight excluding hydrogens is 294 g/mol. The van der Waals surface area contributed by atoms with Crippen LogP contribution in [0.15, 0.2) is 36.4 Å². The minimum absolute atomic E-state index is 0.131. The standard InChI is InChI=1S/C17H19N3O3/c1-19(2)16(22)11-6-5-7-12(10-11)20-17(23)14-9-4-3-8-13(14)15(21)18-20/h3-7,10,13-14H,8-9H2,1-2H3,(H,18,21)/t13-,14-/m1/s1. The third-order valence-corrected chi connectivity index (χ3v) is 4.29. The summed E-state index contributed by atoms with van der Waals surface area (Å²) in [4.78, 5) is 38.5. The van der Waals surface area contributed by atoms with Crippen LogP contribution in [0.5, 0.6) is 0 Å². The summed E-state index contributed by atoms with van der Waals surface area (Å²) in [6.07, 6.45) is 5.06. The van der Waals surface area contributed by atoms with Crippen molar-refractivity contribution in [1.82, 2.24) is 10.3 Å². The molecule has 1 aliphatic heterocycles. The Hall–Kier alpha value is -2.63. The van der Waals surface area contributed by atoms with Crippen molar-refractivity contribution in [3.05, 3.63) is 42.0 Å². The first-order valence-corrected chi connectivity index (χ1v) is 7.60. The minimum Gasteiger partial charge on any atom is -0.345 e. The Morgan fingerprint density at radius 2 is 1.87 bits per heavy atom. The maximum atomic E-state index is 12.7. The Morgan fingerprint density at radius 3 is 2.57 bits per heavy atom. The predicted molar refractivity (Wildman–Crippen MR) is 85.4 cm³/mol. The summed E-state index contributed by atoms with van der Waals surface area (Å²) in [6, 6.07) is 6.73. The zero-order valence-corrected chi connectivity index (χ0v) is 13.2. The fraction of sp³-hybridized carbons (Fsp3) is 0.353. The van der Waals surface area contributed by atoms with Gasteiger partial charge in [0.05, 0.1) is 17.5 Å². The molecule has 1 saturated heterocycles. The second kappa shape index (κ2) is 5.87. The van der Waals surface area contributed by atoms with E-state index >= 15 is 0 Å². The highest BCUT2D eigenvalue weighted by Gasteiger charge is 2.42. The summed E-state index contributed by atoms with van der Waals surface area (Å²) in [5.41, 5.74) is 3.64. The third-order valence-electron chi connectivity index (χ3n) is 4.29. The van der Waals surface area contributed by atoms with Gasteiger partial charge in [0.25, 0.3) is 5.91 Å². The van der Waals surface area contributed by atoms with Gasteiger partial charge in [-0.2, -0.15) is 0 Å². The molecule has 2 aliphatic rings. The third kappa shape index (κ3) is 2.72. The largest absolute Gasteiger partial charge is 0.345 e. The van der Waals surface area contributed by atoms with E-state index in [4.69, 9.17) is 0 Å². The summed E-state index contributed by atoms with van der Waals surface area (Å²) < 4.78 is 0. The first-order chi connectivity index (χ1) is 11.0. The lowest BCUT2D eigenvalue weighted by Gasteiger charge is -2.38. The molecule has 1 aromatic carbocycles. The number of benzene rings is 1. The van der Waals surface area contributed by atoms with E-state index in [1.54, 1.807) is 38.4 Å². The fourth-order valence-electron chi connectivity index (χ4n) is 3.02. The fourth-order valence-corrected chi connectivity index (χ4v) is 3.02. The van der Waals surface area contributed by atoms with Crippen molar-refractivity contribution in [3.8, 4) is 0 Å². The monoisotopic (exact) mass is 313 g/mol. The molecule has 3 amide bonds. The van der Waals surface area contributed by atoms with Crippen LogP contribution in [-0.4, -0.2) is 36.7 Å². The molecule has 0 radical (unpaired) electrons. The van der Waals surface area contributed by atoms with E-state index in [2.05, 4.69) is 5.43 Å². The van der Waals surface area contributed by atoms with Crippen LogP contribution in [0.3, 0.4) is 0 Å². The molecule has 0 spiro atoms. The number of nitrogens with zero attached hydrogens (tertiary/aromatic N) is 2. The lowest BCUT2D eigenvalue weighted by Crippen LogP contribution is -2.59. The Bertz CT molecular complexity index is 696. The van der Waals surface area contributed by atoms with Crippen molar-refractivity contribution in [1.29, 1.82) is 0 Å². The molecule has 0 bridgehead atoms. The normalized spacial score (nSPS) is 23.3. The summed E-state index contributed by atoms with van der Waals surface area (Å²) in [7, 11) is 3.34. The van der Waals surface area contributed by atoms with E-state index in [-0.39, 0.29) is 29.6 Å². The molecule has 0 aromatic heterocycles. The summed E-state index contributed by atoms with van der Waals surface area (Å²) in [5, 5.41) is 1.27. The van der Waals surface area contributed by atoms with Gasteiger partial charge in [-0.1, -0.05) is 18.2 Å². The van der Waals surface area contributed by atoms with Gasteiger partial charge in [-0.15, -0.1) is 0 Å². The van der Waals surface area contributed by atoms with Crippen LogP contribution >= 0.6 is 0 Å². The Balaban J connectivity index is 1.91. The van der Waals surface area contributed by atoms with Gasteiger partial charge in [0.2, 0.25) is 11.8 Å². The van der Waals surface area contributed by atoms with Gasteiger partial charge in [0, 0.05) is 19.7 Å². The molecule has 2 atom stereocenters. The van der Waals surface area contributed by atoms with Gasteiger partial charge in [0.15, 0.2) is 0 Å². The Morgan fingerprint density at radius 1 is 1.17 bits per heavy atom. The molecule has 23 heavy (non-hydrogen) atoms. The zero-order chi connectivity index (χ0) is 16.6. The van der Waals surface area contributed by atoms with Crippen molar-refractivity contribution in [2.24, 2.45) is 11.8 Å². The second-order valence-corrected chi connectivity index (χ2v) is 6.06. The van der Waals surface area contributed by atoms with Gasteiger partial charge >= 0.3 is 0 Å². The molecular formula is C17H19N3O3. The first-order valence-electron chi connectivity index (χ1n) is 7.60. The van der Waals surface area contributed by atoms with Gasteiger partial charge in [0.1, 0.15) is 0 Å². The van der Waals surface area contributed by atoms with Crippen molar-refractivity contribution in [2.75, 3.05) is 19.1 Å². The van der Waals surface area contributed by atoms with Crippen LogP contribution in [0.25, 0.3) is 0 Å². The van der Waals surface area contributed by atoms with Crippen LogP contribution in [0, 0.1) is 11.8 Å². The topological polar surface area (TPSA) is 69.7 Å². The molecule has 1 aromatic rings. The quantitative estimate of drug-likeness (QED) is 0.838. The molecule has 0 unspecified atom stereocenters. The summed E-state index contributed by atoms with van der Waals surface area (Å²) >= 11 is 0. The van der Waals surface area contributed by atoms with Gasteiger partial charge < -0.3 is 4.90 Å². The van der Waals surface area contributed by atoms with Crippen LogP contribution in [0.2, 0.25) is 0 Å². The van der Waals surface area contributed by atoms with Gasteiger partial charge in [-0.25, -0.2) is 5.01 Å². The van der Waals surface area contributed by atoms with E-state index in [1.807, 2.05) is 12.2 Å². The lowest BCUT2D eigenvalue weighted by molar-refractivity contribution is -0.139.